The van der Waals surface area contributed by atoms with E-state index in [1.165, 1.54) is 16.8 Å². The van der Waals surface area contributed by atoms with E-state index in [1.807, 2.05) is 6.92 Å². The monoisotopic (exact) mass is 603 g/mol. The van der Waals surface area contributed by atoms with Gasteiger partial charge in [-0.15, -0.1) is 0 Å². The third-order valence-corrected chi connectivity index (χ3v) is 16.1. The Hall–Kier alpha value is -1.48. The SMILES string of the molecule is C=C(C)[C@H]1O[C@H]2CC[C@@]3(C)[C@@](O)(CC[C@H]4[C@@H]5OC(C)(C)[C@H]6C[C@@H]7C(C)C(O)c8ccc9c(c8[C@@H]76)C5C(N9)[C@@]43C)[C@]23O[C@@H]3[C@H]1O. The molecule has 238 valence electrons. The van der Waals surface area contributed by atoms with Gasteiger partial charge in [0.05, 0.1) is 23.9 Å². The van der Waals surface area contributed by atoms with Gasteiger partial charge in [-0.3, -0.25) is 0 Å². The average molecular weight is 604 g/mol. The van der Waals surface area contributed by atoms with Crippen LogP contribution in [0.15, 0.2) is 24.3 Å². The molecule has 44 heavy (non-hydrogen) atoms. The maximum Gasteiger partial charge on any atom is 0.153 e. The highest BCUT2D eigenvalue weighted by atomic mass is 16.7. The lowest BCUT2D eigenvalue weighted by Crippen LogP contribution is -2.76. The van der Waals surface area contributed by atoms with Crippen LogP contribution in [0.1, 0.15) is 108 Å². The van der Waals surface area contributed by atoms with Crippen molar-refractivity contribution in [3.63, 3.8) is 0 Å². The van der Waals surface area contributed by atoms with Crippen molar-refractivity contribution < 1.29 is 29.5 Å². The van der Waals surface area contributed by atoms with Gasteiger partial charge in [0.15, 0.2) is 5.60 Å². The lowest BCUT2D eigenvalue weighted by molar-refractivity contribution is -0.287. The van der Waals surface area contributed by atoms with E-state index in [9.17, 15) is 15.3 Å². The van der Waals surface area contributed by atoms with Gasteiger partial charge in [-0.25, -0.2) is 0 Å². The Morgan fingerprint density at radius 2 is 1.77 bits per heavy atom. The van der Waals surface area contributed by atoms with Gasteiger partial charge in [-0.2, -0.15) is 0 Å². The number of fused-ring (bicyclic) bond motifs is 5. The molecule has 4 N–H and O–H groups in total. The molecule has 7 nitrogen and oxygen atoms in total. The second-order valence-corrected chi connectivity index (χ2v) is 17.6. The van der Waals surface area contributed by atoms with Crippen LogP contribution in [-0.4, -0.2) is 68.7 Å². The lowest BCUT2D eigenvalue weighted by Gasteiger charge is -2.67. The first kappa shape index (κ1) is 27.6. The fourth-order valence-electron chi connectivity index (χ4n) is 13.8. The van der Waals surface area contributed by atoms with E-state index in [0.29, 0.717) is 24.2 Å². The molecule has 17 atom stereocenters. The van der Waals surface area contributed by atoms with Gasteiger partial charge in [-0.1, -0.05) is 33.4 Å². The second kappa shape index (κ2) is 7.79. The van der Waals surface area contributed by atoms with Gasteiger partial charge in [0, 0.05) is 28.5 Å². The Morgan fingerprint density at radius 3 is 2.52 bits per heavy atom. The molecule has 10 rings (SSSR count). The van der Waals surface area contributed by atoms with E-state index in [0.717, 1.165) is 36.8 Å². The minimum atomic E-state index is -1.15. The number of anilines is 1. The summed E-state index contributed by atoms with van der Waals surface area (Å²) in [5, 5.41) is 40.3. The van der Waals surface area contributed by atoms with Crippen LogP contribution < -0.4 is 5.32 Å². The second-order valence-electron chi connectivity index (χ2n) is 17.6. The first-order chi connectivity index (χ1) is 20.7. The van der Waals surface area contributed by atoms with Crippen LogP contribution in [0.25, 0.3) is 0 Å². The van der Waals surface area contributed by atoms with Crippen LogP contribution in [0.5, 0.6) is 0 Å². The minimum Gasteiger partial charge on any atom is -0.388 e. The predicted molar refractivity (Wildman–Crippen MR) is 164 cm³/mol. The minimum absolute atomic E-state index is 0.0188. The van der Waals surface area contributed by atoms with Gasteiger partial charge in [-0.05, 0) is 111 Å². The number of nitrogens with one attached hydrogen (secondary N) is 1. The number of hydrogen-bond donors (Lipinski definition) is 4. The lowest BCUT2D eigenvalue weighted by atomic mass is 9.40. The Morgan fingerprint density at radius 1 is 1.00 bits per heavy atom. The topological polar surface area (TPSA) is 104 Å². The van der Waals surface area contributed by atoms with Crippen LogP contribution in [0.4, 0.5) is 5.69 Å². The number of aliphatic hydroxyl groups is 3. The summed E-state index contributed by atoms with van der Waals surface area (Å²) in [6, 6.07) is 4.50. The first-order valence-electron chi connectivity index (χ1n) is 17.4. The van der Waals surface area contributed by atoms with Crippen molar-refractivity contribution in [1.82, 2.24) is 0 Å². The molecule has 6 fully saturated rings. The standard InChI is InChI=1S/C37H49NO6/c1-15(2)29-28(40)32-37(44-32)22(42-29)11-12-34(6)35(7)19(10-13-36(34,37)41)30-26-25-21(38-31(26)35)9-8-17-24(25)23-18(16(3)27(17)39)14-20(23)33(4,5)43-30/h8-9,16,18-20,22-23,26-32,38-41H,1,10-14H2,2-7H3/t16?,18-,19+,20+,22+,23+,26?,27?,28+,29-,30+,31?,32-,34-,35-,36+,37+/m1/s1. The van der Waals surface area contributed by atoms with Gasteiger partial charge in [0.1, 0.15) is 23.9 Å². The van der Waals surface area contributed by atoms with Gasteiger partial charge < -0.3 is 34.8 Å². The summed E-state index contributed by atoms with van der Waals surface area (Å²) in [6.07, 6.45) is 1.71. The van der Waals surface area contributed by atoms with Crippen LogP contribution in [0.2, 0.25) is 0 Å². The summed E-state index contributed by atoms with van der Waals surface area (Å²) in [6.45, 7) is 17.6. The van der Waals surface area contributed by atoms with E-state index < -0.39 is 41.0 Å². The highest BCUT2D eigenvalue weighted by molar-refractivity contribution is 5.69. The van der Waals surface area contributed by atoms with Crippen LogP contribution in [-0.2, 0) is 14.2 Å². The number of epoxide rings is 1. The Labute approximate surface area is 260 Å². The van der Waals surface area contributed by atoms with Crippen LogP contribution >= 0.6 is 0 Å². The molecule has 1 aromatic carbocycles. The van der Waals surface area contributed by atoms with Crippen molar-refractivity contribution in [3.05, 3.63) is 41.0 Å². The molecule has 2 saturated heterocycles. The summed E-state index contributed by atoms with van der Waals surface area (Å²) < 4.78 is 20.6. The van der Waals surface area contributed by atoms with Crippen molar-refractivity contribution in [2.24, 2.45) is 34.5 Å². The summed E-state index contributed by atoms with van der Waals surface area (Å²) in [7, 11) is 0. The van der Waals surface area contributed by atoms with Gasteiger partial charge in [0.2, 0.25) is 0 Å². The van der Waals surface area contributed by atoms with Crippen molar-refractivity contribution in [2.45, 2.75) is 145 Å². The Kier molecular flexibility index (Phi) is 4.89. The molecule has 0 radical (unpaired) electrons. The normalized spacial score (nSPS) is 59.3. The molecule has 4 aliphatic heterocycles. The van der Waals surface area contributed by atoms with E-state index in [2.05, 4.69) is 58.6 Å². The molecule has 4 saturated carbocycles. The molecule has 7 heteroatoms. The summed E-state index contributed by atoms with van der Waals surface area (Å²) in [5.41, 5.74) is 2.79. The van der Waals surface area contributed by atoms with Crippen molar-refractivity contribution >= 4 is 5.69 Å². The number of hydrogen-bond acceptors (Lipinski definition) is 7. The quantitative estimate of drug-likeness (QED) is 0.266. The Bertz CT molecular complexity index is 1530. The fraction of sp³-hybridized carbons (Fsp3) is 0.784. The van der Waals surface area contributed by atoms with E-state index in [4.69, 9.17) is 14.2 Å². The molecule has 1 aromatic rings. The Balaban J connectivity index is 1.14. The maximum absolute atomic E-state index is 13.2. The molecule has 0 aromatic heterocycles. The fourth-order valence-corrected chi connectivity index (χ4v) is 13.8. The van der Waals surface area contributed by atoms with Crippen LogP contribution in [0.3, 0.4) is 0 Å². The van der Waals surface area contributed by atoms with Crippen molar-refractivity contribution in [3.8, 4) is 0 Å². The smallest absolute Gasteiger partial charge is 0.153 e. The average Bonchev–Trinajstić information content (AvgIpc) is 3.53. The highest BCUT2D eigenvalue weighted by Gasteiger charge is 2.88. The number of rotatable bonds is 1. The van der Waals surface area contributed by atoms with E-state index in [-0.39, 0.29) is 47.0 Å². The van der Waals surface area contributed by atoms with Crippen molar-refractivity contribution in [2.75, 3.05) is 5.32 Å². The first-order valence-corrected chi connectivity index (χ1v) is 17.4. The zero-order valence-corrected chi connectivity index (χ0v) is 27.0. The molecule has 4 unspecified atom stereocenters. The summed E-state index contributed by atoms with van der Waals surface area (Å²) in [5.74, 6) is 1.97. The molecule has 9 aliphatic rings. The third kappa shape index (κ3) is 2.58. The number of ether oxygens (including phenoxy) is 3. The van der Waals surface area contributed by atoms with Crippen LogP contribution in [0, 0.1) is 34.5 Å². The number of benzene rings is 1. The summed E-state index contributed by atoms with van der Waals surface area (Å²) >= 11 is 0. The zero-order valence-electron chi connectivity index (χ0n) is 27.0. The summed E-state index contributed by atoms with van der Waals surface area (Å²) in [4.78, 5) is 0. The predicted octanol–water partition coefficient (Wildman–Crippen LogP) is 4.95. The van der Waals surface area contributed by atoms with E-state index in [1.54, 1.807) is 0 Å². The molecule has 0 amide bonds. The molecule has 0 bridgehead atoms. The van der Waals surface area contributed by atoms with E-state index >= 15 is 0 Å². The number of aliphatic hydroxyl groups excluding tert-OH is 2. The molecular formula is C37H49NO6. The highest BCUT2D eigenvalue weighted by Crippen LogP contribution is 2.79. The molecule has 4 heterocycles. The molecular weight excluding hydrogens is 554 g/mol. The maximum atomic E-state index is 13.2. The third-order valence-electron chi connectivity index (χ3n) is 16.1. The zero-order chi connectivity index (χ0) is 30.7. The van der Waals surface area contributed by atoms with Crippen molar-refractivity contribution in [1.29, 1.82) is 0 Å². The van der Waals surface area contributed by atoms with Gasteiger partial charge in [0.25, 0.3) is 0 Å². The molecule has 5 aliphatic carbocycles. The molecule has 1 spiro atoms. The largest absolute Gasteiger partial charge is 0.388 e. The van der Waals surface area contributed by atoms with Gasteiger partial charge >= 0.3 is 0 Å².